The zero-order valence-corrected chi connectivity index (χ0v) is 13.1. The summed E-state index contributed by atoms with van der Waals surface area (Å²) in [5, 5.41) is 0. The number of hydrogen-bond acceptors (Lipinski definition) is 1. The van der Waals surface area contributed by atoms with Crippen molar-refractivity contribution in [1.29, 1.82) is 0 Å². The molecule has 2 unspecified atom stereocenters. The normalized spacial score (nSPS) is 17.4. The summed E-state index contributed by atoms with van der Waals surface area (Å²) < 4.78 is 0. The third-order valence-corrected chi connectivity index (χ3v) is 4.48. The summed E-state index contributed by atoms with van der Waals surface area (Å²) in [4.78, 5) is 0. The SMILES string of the molecule is CCC(CSC)[C@H](C)CC(C)CCC(C)C. The van der Waals surface area contributed by atoms with Gasteiger partial charge in [0.2, 0.25) is 0 Å². The van der Waals surface area contributed by atoms with Crippen molar-refractivity contribution in [3.8, 4) is 0 Å². The lowest BCUT2D eigenvalue weighted by Crippen LogP contribution is -2.16. The van der Waals surface area contributed by atoms with Gasteiger partial charge in [0.1, 0.15) is 0 Å². The van der Waals surface area contributed by atoms with Crippen LogP contribution in [0, 0.1) is 23.7 Å². The molecule has 0 saturated heterocycles. The van der Waals surface area contributed by atoms with Gasteiger partial charge in [0.15, 0.2) is 0 Å². The first-order chi connectivity index (χ1) is 7.51. The van der Waals surface area contributed by atoms with E-state index in [1.54, 1.807) is 0 Å². The average Bonchev–Trinajstić information content (AvgIpc) is 2.22. The molecule has 0 aliphatic heterocycles. The molecule has 98 valence electrons. The highest BCUT2D eigenvalue weighted by Gasteiger charge is 2.17. The standard InChI is InChI=1S/C15H32S/c1-7-15(11-16-6)14(5)10-13(4)9-8-12(2)3/h12-15H,7-11H2,1-6H3/t13?,14-,15?/m1/s1. The molecule has 0 saturated carbocycles. The quantitative estimate of drug-likeness (QED) is 0.518. The molecule has 0 spiro atoms. The van der Waals surface area contributed by atoms with Crippen LogP contribution in [0.3, 0.4) is 0 Å². The molecule has 0 radical (unpaired) electrons. The van der Waals surface area contributed by atoms with Crippen LogP contribution in [0.4, 0.5) is 0 Å². The third-order valence-electron chi connectivity index (χ3n) is 3.72. The fourth-order valence-electron chi connectivity index (χ4n) is 2.46. The van der Waals surface area contributed by atoms with Gasteiger partial charge in [0.05, 0.1) is 0 Å². The van der Waals surface area contributed by atoms with Crippen molar-refractivity contribution in [2.45, 2.75) is 60.3 Å². The first kappa shape index (κ1) is 16.4. The van der Waals surface area contributed by atoms with E-state index in [1.807, 2.05) is 11.8 Å². The number of rotatable bonds is 9. The van der Waals surface area contributed by atoms with Crippen molar-refractivity contribution in [1.82, 2.24) is 0 Å². The Morgan fingerprint density at radius 3 is 2.06 bits per heavy atom. The predicted molar refractivity (Wildman–Crippen MR) is 79.2 cm³/mol. The van der Waals surface area contributed by atoms with E-state index >= 15 is 0 Å². The fourth-order valence-corrected chi connectivity index (χ4v) is 3.45. The van der Waals surface area contributed by atoms with Gasteiger partial charge in [0, 0.05) is 0 Å². The number of thioether (sulfide) groups is 1. The van der Waals surface area contributed by atoms with Crippen molar-refractivity contribution in [3.05, 3.63) is 0 Å². The molecule has 0 nitrogen and oxygen atoms in total. The van der Waals surface area contributed by atoms with Gasteiger partial charge in [-0.15, -0.1) is 0 Å². The van der Waals surface area contributed by atoms with Crippen LogP contribution in [0.2, 0.25) is 0 Å². The maximum absolute atomic E-state index is 2.45. The Kier molecular flexibility index (Phi) is 9.59. The molecule has 0 amide bonds. The zero-order valence-electron chi connectivity index (χ0n) is 12.3. The van der Waals surface area contributed by atoms with Gasteiger partial charge in [-0.25, -0.2) is 0 Å². The summed E-state index contributed by atoms with van der Waals surface area (Å²) in [6.45, 7) is 11.9. The first-order valence-electron chi connectivity index (χ1n) is 7.00. The molecule has 0 aromatic rings. The predicted octanol–water partition coefficient (Wildman–Crippen LogP) is 5.47. The van der Waals surface area contributed by atoms with Crippen LogP contribution in [0.5, 0.6) is 0 Å². The van der Waals surface area contributed by atoms with Crippen molar-refractivity contribution in [2.24, 2.45) is 23.7 Å². The van der Waals surface area contributed by atoms with E-state index in [2.05, 4.69) is 40.9 Å². The zero-order chi connectivity index (χ0) is 12.6. The van der Waals surface area contributed by atoms with Crippen LogP contribution in [0.1, 0.15) is 60.3 Å². The van der Waals surface area contributed by atoms with Gasteiger partial charge >= 0.3 is 0 Å². The molecule has 3 atom stereocenters. The molecule has 0 aromatic heterocycles. The molecule has 1 heteroatoms. The van der Waals surface area contributed by atoms with Gasteiger partial charge < -0.3 is 0 Å². The molecule has 0 rings (SSSR count). The van der Waals surface area contributed by atoms with Crippen LogP contribution < -0.4 is 0 Å². The lowest BCUT2D eigenvalue weighted by atomic mass is 9.84. The Hall–Kier alpha value is 0.350. The van der Waals surface area contributed by atoms with E-state index in [0.29, 0.717) is 0 Å². The van der Waals surface area contributed by atoms with E-state index < -0.39 is 0 Å². The van der Waals surface area contributed by atoms with Crippen LogP contribution in [0.25, 0.3) is 0 Å². The van der Waals surface area contributed by atoms with Crippen molar-refractivity contribution in [2.75, 3.05) is 12.0 Å². The average molecular weight is 244 g/mol. The van der Waals surface area contributed by atoms with Gasteiger partial charge in [-0.3, -0.25) is 0 Å². The Morgan fingerprint density at radius 2 is 1.62 bits per heavy atom. The highest BCUT2D eigenvalue weighted by Crippen LogP contribution is 2.27. The minimum absolute atomic E-state index is 0.867. The molecule has 0 aromatic carbocycles. The highest BCUT2D eigenvalue weighted by atomic mass is 32.2. The largest absolute Gasteiger partial charge is 0.165 e. The molecular weight excluding hydrogens is 212 g/mol. The van der Waals surface area contributed by atoms with Crippen LogP contribution in [-0.2, 0) is 0 Å². The molecule has 16 heavy (non-hydrogen) atoms. The summed E-state index contributed by atoms with van der Waals surface area (Å²) >= 11 is 2.01. The molecular formula is C15H32S. The topological polar surface area (TPSA) is 0 Å². The lowest BCUT2D eigenvalue weighted by Gasteiger charge is -2.25. The van der Waals surface area contributed by atoms with Gasteiger partial charge in [-0.1, -0.05) is 53.9 Å². The molecule has 0 bridgehead atoms. The molecule has 0 N–H and O–H groups in total. The van der Waals surface area contributed by atoms with Gasteiger partial charge in [-0.05, 0) is 42.1 Å². The minimum Gasteiger partial charge on any atom is -0.165 e. The summed E-state index contributed by atoms with van der Waals surface area (Å²) in [6, 6.07) is 0. The van der Waals surface area contributed by atoms with Crippen molar-refractivity contribution in [3.63, 3.8) is 0 Å². The van der Waals surface area contributed by atoms with E-state index in [-0.39, 0.29) is 0 Å². The molecule has 0 aliphatic rings. The molecule has 0 fully saturated rings. The van der Waals surface area contributed by atoms with E-state index in [0.717, 1.165) is 23.7 Å². The third kappa shape index (κ3) is 7.60. The fraction of sp³-hybridized carbons (Fsp3) is 1.00. The number of hydrogen-bond donors (Lipinski definition) is 0. The van der Waals surface area contributed by atoms with Crippen LogP contribution in [-0.4, -0.2) is 12.0 Å². The molecule has 0 heterocycles. The Morgan fingerprint density at radius 1 is 1.00 bits per heavy atom. The Balaban J connectivity index is 3.86. The lowest BCUT2D eigenvalue weighted by molar-refractivity contribution is 0.293. The summed E-state index contributed by atoms with van der Waals surface area (Å²) in [7, 11) is 0. The van der Waals surface area contributed by atoms with Gasteiger partial charge in [-0.2, -0.15) is 11.8 Å². The van der Waals surface area contributed by atoms with E-state index in [4.69, 9.17) is 0 Å². The van der Waals surface area contributed by atoms with Crippen molar-refractivity contribution < 1.29 is 0 Å². The maximum atomic E-state index is 2.45. The smallest absolute Gasteiger partial charge is 0.00395 e. The second kappa shape index (κ2) is 9.39. The Bertz CT molecular complexity index is 154. The Labute approximate surface area is 108 Å². The van der Waals surface area contributed by atoms with Crippen LogP contribution in [0.15, 0.2) is 0 Å². The second-order valence-electron chi connectivity index (χ2n) is 5.91. The maximum Gasteiger partial charge on any atom is -0.00395 e. The highest BCUT2D eigenvalue weighted by molar-refractivity contribution is 7.98. The summed E-state index contributed by atoms with van der Waals surface area (Å²) in [5.74, 6) is 4.95. The second-order valence-corrected chi connectivity index (χ2v) is 6.82. The van der Waals surface area contributed by atoms with Crippen LogP contribution >= 0.6 is 11.8 Å². The van der Waals surface area contributed by atoms with Gasteiger partial charge in [0.25, 0.3) is 0 Å². The summed E-state index contributed by atoms with van der Waals surface area (Å²) in [5.41, 5.74) is 0. The monoisotopic (exact) mass is 244 g/mol. The molecule has 0 aliphatic carbocycles. The minimum atomic E-state index is 0.867. The summed E-state index contributed by atoms with van der Waals surface area (Å²) in [6.07, 6.45) is 7.81. The van der Waals surface area contributed by atoms with Crippen molar-refractivity contribution >= 4 is 11.8 Å². The van der Waals surface area contributed by atoms with E-state index in [9.17, 15) is 0 Å². The first-order valence-corrected chi connectivity index (χ1v) is 8.39. The van der Waals surface area contributed by atoms with E-state index in [1.165, 1.54) is 31.4 Å².